The Hall–Kier alpha value is -2.29. The molecule has 0 radical (unpaired) electrons. The molecule has 0 unspecified atom stereocenters. The molecule has 0 fully saturated rings. The van der Waals surface area contributed by atoms with Gasteiger partial charge in [-0.2, -0.15) is 0 Å². The van der Waals surface area contributed by atoms with Crippen molar-refractivity contribution in [1.29, 1.82) is 0 Å². The number of benzene rings is 1. The Labute approximate surface area is 115 Å². The number of rotatable bonds is 4. The van der Waals surface area contributed by atoms with E-state index in [2.05, 4.69) is 36.8 Å². The number of amides is 1. The third-order valence-electron chi connectivity index (χ3n) is 2.18. The highest BCUT2D eigenvalue weighted by Crippen LogP contribution is 2.23. The average Bonchev–Trinajstić information content (AvgIpc) is 2.84. The number of carbonyl (C=O) groups is 2. The number of nitrogens with zero attached hydrogens (tertiary/aromatic N) is 4. The molecule has 1 amide bonds. The Morgan fingerprint density at radius 1 is 1.42 bits per heavy atom. The van der Waals surface area contributed by atoms with E-state index in [0.29, 0.717) is 10.2 Å². The van der Waals surface area contributed by atoms with Crippen molar-refractivity contribution in [2.75, 3.05) is 5.32 Å². The van der Waals surface area contributed by atoms with Crippen molar-refractivity contribution in [3.05, 3.63) is 34.6 Å². The molecule has 0 saturated carbocycles. The molecule has 9 heteroatoms. The number of aromatic carboxylic acids is 1. The summed E-state index contributed by atoms with van der Waals surface area (Å²) < 4.78 is 1.84. The molecule has 0 bridgehead atoms. The van der Waals surface area contributed by atoms with E-state index in [9.17, 15) is 9.59 Å². The van der Waals surface area contributed by atoms with Crippen LogP contribution in [0.15, 0.2) is 29.0 Å². The highest BCUT2D eigenvalue weighted by atomic mass is 79.9. The molecule has 19 heavy (non-hydrogen) atoms. The van der Waals surface area contributed by atoms with Crippen LogP contribution in [0.2, 0.25) is 0 Å². The van der Waals surface area contributed by atoms with Gasteiger partial charge in [0.2, 0.25) is 5.91 Å². The molecule has 8 nitrogen and oxygen atoms in total. The van der Waals surface area contributed by atoms with Gasteiger partial charge in [-0.05, 0) is 44.6 Å². The zero-order chi connectivity index (χ0) is 13.8. The molecule has 0 atom stereocenters. The lowest BCUT2D eigenvalue weighted by Crippen LogP contribution is -2.19. The Morgan fingerprint density at radius 2 is 2.21 bits per heavy atom. The molecular formula is C10H8BrN5O3. The van der Waals surface area contributed by atoms with Gasteiger partial charge in [0.25, 0.3) is 0 Å². The normalized spacial score (nSPS) is 10.2. The van der Waals surface area contributed by atoms with Crippen LogP contribution in [0.1, 0.15) is 10.4 Å². The number of carbonyl (C=O) groups excluding carboxylic acids is 1. The zero-order valence-electron chi connectivity index (χ0n) is 9.45. The minimum absolute atomic E-state index is 0.0588. The minimum Gasteiger partial charge on any atom is -0.478 e. The summed E-state index contributed by atoms with van der Waals surface area (Å²) in [5, 5.41) is 21.8. The van der Waals surface area contributed by atoms with Crippen LogP contribution in [0.5, 0.6) is 0 Å². The van der Waals surface area contributed by atoms with Gasteiger partial charge in [0.15, 0.2) is 0 Å². The summed E-state index contributed by atoms with van der Waals surface area (Å²) in [6.07, 6.45) is 1.31. The highest BCUT2D eigenvalue weighted by molar-refractivity contribution is 9.10. The zero-order valence-corrected chi connectivity index (χ0v) is 11.0. The largest absolute Gasteiger partial charge is 0.478 e. The van der Waals surface area contributed by atoms with Crippen LogP contribution in [0, 0.1) is 0 Å². The van der Waals surface area contributed by atoms with Gasteiger partial charge in [-0.25, -0.2) is 9.48 Å². The maximum atomic E-state index is 11.7. The number of tetrazole rings is 1. The van der Waals surface area contributed by atoms with E-state index in [0.717, 1.165) is 0 Å². The van der Waals surface area contributed by atoms with Gasteiger partial charge < -0.3 is 10.4 Å². The monoisotopic (exact) mass is 325 g/mol. The fourth-order valence-electron chi connectivity index (χ4n) is 1.34. The Morgan fingerprint density at radius 3 is 2.84 bits per heavy atom. The van der Waals surface area contributed by atoms with Crippen molar-refractivity contribution in [2.45, 2.75) is 6.54 Å². The molecule has 1 aromatic heterocycles. The fraction of sp³-hybridized carbons (Fsp3) is 0.100. The van der Waals surface area contributed by atoms with Gasteiger partial charge >= 0.3 is 5.97 Å². The summed E-state index contributed by atoms with van der Waals surface area (Å²) >= 11 is 3.23. The van der Waals surface area contributed by atoms with Crippen molar-refractivity contribution < 1.29 is 14.7 Å². The van der Waals surface area contributed by atoms with Gasteiger partial charge in [-0.15, -0.1) is 5.10 Å². The van der Waals surface area contributed by atoms with Gasteiger partial charge in [-0.3, -0.25) is 4.79 Å². The molecule has 0 aliphatic heterocycles. The van der Waals surface area contributed by atoms with Crippen LogP contribution in [-0.4, -0.2) is 37.2 Å². The van der Waals surface area contributed by atoms with Crippen LogP contribution >= 0.6 is 15.9 Å². The molecule has 2 rings (SSSR count). The second-order valence-corrected chi connectivity index (χ2v) is 4.41. The summed E-state index contributed by atoms with van der Waals surface area (Å²) in [5.74, 6) is -1.43. The summed E-state index contributed by atoms with van der Waals surface area (Å²) in [7, 11) is 0. The summed E-state index contributed by atoms with van der Waals surface area (Å²) in [5.41, 5.74) is 0.457. The van der Waals surface area contributed by atoms with E-state index < -0.39 is 5.97 Å². The molecule has 0 aliphatic rings. The smallest absolute Gasteiger partial charge is 0.335 e. The molecular weight excluding hydrogens is 318 g/mol. The third-order valence-corrected chi connectivity index (χ3v) is 2.88. The van der Waals surface area contributed by atoms with Crippen molar-refractivity contribution in [3.63, 3.8) is 0 Å². The highest BCUT2D eigenvalue weighted by Gasteiger charge is 2.10. The second-order valence-electron chi connectivity index (χ2n) is 3.56. The van der Waals surface area contributed by atoms with Gasteiger partial charge in [0.1, 0.15) is 12.9 Å². The maximum Gasteiger partial charge on any atom is 0.335 e. The Balaban J connectivity index is 2.11. The number of aromatic nitrogens is 4. The van der Waals surface area contributed by atoms with Gasteiger partial charge in [0, 0.05) is 4.47 Å². The molecule has 0 saturated heterocycles. The van der Waals surface area contributed by atoms with Crippen molar-refractivity contribution in [2.24, 2.45) is 0 Å². The number of anilines is 1. The molecule has 0 spiro atoms. The van der Waals surface area contributed by atoms with E-state index in [4.69, 9.17) is 5.11 Å². The first-order valence-corrected chi connectivity index (χ1v) is 5.89. The molecule has 0 aliphatic carbocycles. The Kier molecular flexibility index (Phi) is 3.85. The minimum atomic E-state index is -1.07. The standard InChI is InChI=1S/C10H8BrN5O3/c11-7-2-1-6(10(18)19)3-8(7)13-9(17)4-16-5-12-14-15-16/h1-3,5H,4H2,(H,13,17)(H,18,19). The van der Waals surface area contributed by atoms with Gasteiger partial charge in [0.05, 0.1) is 11.3 Å². The van der Waals surface area contributed by atoms with Crippen LogP contribution in [0.25, 0.3) is 0 Å². The van der Waals surface area contributed by atoms with E-state index in [1.54, 1.807) is 6.07 Å². The van der Waals surface area contributed by atoms with Crippen LogP contribution in [-0.2, 0) is 11.3 Å². The maximum absolute atomic E-state index is 11.7. The van der Waals surface area contributed by atoms with E-state index in [1.165, 1.54) is 23.1 Å². The first-order chi connectivity index (χ1) is 9.06. The number of hydrogen-bond donors (Lipinski definition) is 2. The van der Waals surface area contributed by atoms with E-state index in [-0.39, 0.29) is 18.0 Å². The molecule has 2 N–H and O–H groups in total. The predicted octanol–water partition coefficient (Wildman–Crippen LogP) is 0.772. The lowest BCUT2D eigenvalue weighted by atomic mass is 10.2. The Bertz CT molecular complexity index is 614. The summed E-state index contributed by atoms with van der Waals surface area (Å²) in [6, 6.07) is 4.35. The second kappa shape index (κ2) is 5.57. The van der Waals surface area contributed by atoms with Gasteiger partial charge in [-0.1, -0.05) is 0 Å². The summed E-state index contributed by atoms with van der Waals surface area (Å²) in [4.78, 5) is 22.6. The number of carboxylic acids is 1. The van der Waals surface area contributed by atoms with Crippen molar-refractivity contribution >= 4 is 33.5 Å². The van der Waals surface area contributed by atoms with Crippen LogP contribution < -0.4 is 5.32 Å². The lowest BCUT2D eigenvalue weighted by Gasteiger charge is -2.08. The first-order valence-electron chi connectivity index (χ1n) is 5.10. The quantitative estimate of drug-likeness (QED) is 0.859. The molecule has 98 valence electrons. The topological polar surface area (TPSA) is 110 Å². The lowest BCUT2D eigenvalue weighted by molar-refractivity contribution is -0.116. The van der Waals surface area contributed by atoms with Crippen LogP contribution in [0.3, 0.4) is 0 Å². The molecule has 1 heterocycles. The van der Waals surface area contributed by atoms with E-state index in [1.807, 2.05) is 0 Å². The average molecular weight is 326 g/mol. The summed E-state index contributed by atoms with van der Waals surface area (Å²) in [6.45, 7) is -0.0588. The predicted molar refractivity (Wildman–Crippen MR) is 67.5 cm³/mol. The SMILES string of the molecule is O=C(Cn1cnnn1)Nc1cc(C(=O)O)ccc1Br. The third kappa shape index (κ3) is 3.35. The molecule has 2 aromatic rings. The van der Waals surface area contributed by atoms with Crippen molar-refractivity contribution in [1.82, 2.24) is 20.2 Å². The van der Waals surface area contributed by atoms with Crippen LogP contribution in [0.4, 0.5) is 5.69 Å². The number of nitrogens with one attached hydrogen (secondary N) is 1. The number of carboxylic acid groups (broad SMARTS) is 1. The first kappa shape index (κ1) is 13.1. The number of hydrogen-bond acceptors (Lipinski definition) is 5. The number of halogens is 1. The van der Waals surface area contributed by atoms with E-state index >= 15 is 0 Å². The fourth-order valence-corrected chi connectivity index (χ4v) is 1.69. The van der Waals surface area contributed by atoms with Crippen molar-refractivity contribution in [3.8, 4) is 0 Å². The molecule has 1 aromatic carbocycles.